The summed E-state index contributed by atoms with van der Waals surface area (Å²) in [5, 5.41) is 8.58. The molecule has 2 aliphatic heterocycles. The summed E-state index contributed by atoms with van der Waals surface area (Å²) in [6.07, 6.45) is 0. The summed E-state index contributed by atoms with van der Waals surface area (Å²) in [5.74, 6) is 0. The van der Waals surface area contributed by atoms with E-state index in [1.54, 1.807) is 0 Å². The first-order chi connectivity index (χ1) is 60.1. The molecule has 18 aromatic rings. The number of aromatic nitrogens is 2. The number of fused-ring (bicyclic) bond motifs is 16. The van der Waals surface area contributed by atoms with Crippen molar-refractivity contribution in [1.29, 1.82) is 0 Å². The van der Waals surface area contributed by atoms with E-state index in [0.717, 1.165) is 145 Å². The number of rotatable bonds is 7. The minimum absolute atomic E-state index is 0.0906. The first-order valence-corrected chi connectivity index (χ1v) is 44.1. The van der Waals surface area contributed by atoms with Gasteiger partial charge in [0.2, 0.25) is 0 Å². The summed E-state index contributed by atoms with van der Waals surface area (Å²) < 4.78 is 67.8. The smallest absolute Gasteiger partial charge is 0.252 e. The second kappa shape index (κ2) is 27.2. The molecular formula is C116H115BN4O2. The quantitative estimate of drug-likeness (QED) is 0.149. The number of benzene rings is 14. The topological polar surface area (TPSA) is 42.6 Å². The highest BCUT2D eigenvalue weighted by Gasteiger charge is 2.46. The number of nitrogens with zero attached hydrogens (tertiary/aromatic N) is 4. The molecule has 0 saturated heterocycles. The van der Waals surface area contributed by atoms with Crippen molar-refractivity contribution in [3.05, 3.63) is 305 Å². The summed E-state index contributed by atoms with van der Waals surface area (Å²) in [7, 11) is 0. The lowest BCUT2D eigenvalue weighted by molar-refractivity contribution is 0.568. The van der Waals surface area contributed by atoms with E-state index in [1.807, 2.05) is 6.07 Å². The van der Waals surface area contributed by atoms with Crippen LogP contribution in [0, 0.1) is 0 Å². The molecular weight excluding hydrogens is 1490 g/mol. The standard InChI is InChI=1S/C116H115BN4O2/c1-109(2,3)74-44-50-92-86(64-74)87-65-75(110(4,5)6)45-51-93(87)118(92)97-38-28-34-82-84-36-30-40-99(107(84)122-105(82)97)120-96-49-43-69(71-54-78(113(13,14)15)62-79(55-71)114(16,17)18)58-91(96)117-90-48-42-70(68-32-26-25-27-33-68)59-101(90)121(103-61-73(60-102(120)104(103)117)72-56-80(115(19,20)21)63-81(57-72)116(22,23)24)100-41-31-37-85-83-35-29-39-98(106(83)123-108(85)100)119-94-52-46-76(111(7,8)9)66-88(94)89-67-77(112(10,11)12)47-53-95(89)119/h25-67H,1-24H3/i25D,26D,27D,32D,33D. The Bertz CT molecular complexity index is 7560. The zero-order valence-corrected chi connectivity index (χ0v) is 76.1. The number of furan rings is 2. The Hall–Kier alpha value is -12.1. The molecule has 7 heteroatoms. The summed E-state index contributed by atoms with van der Waals surface area (Å²) in [4.78, 5) is 4.90. The van der Waals surface area contributed by atoms with E-state index in [1.165, 1.54) is 66.1 Å². The lowest BCUT2D eigenvalue weighted by atomic mass is 9.33. The Balaban J connectivity index is 0.923. The monoisotopic (exact) mass is 1610 g/mol. The number of hydrogen-bond donors (Lipinski definition) is 0. The molecule has 0 amide bonds. The van der Waals surface area contributed by atoms with Gasteiger partial charge in [0.1, 0.15) is 0 Å². The van der Waals surface area contributed by atoms with Crippen LogP contribution in [0.15, 0.2) is 270 Å². The third kappa shape index (κ3) is 13.0. The number of para-hydroxylation sites is 4. The maximum Gasteiger partial charge on any atom is 0.252 e. The van der Waals surface area contributed by atoms with E-state index in [-0.39, 0.29) is 61.0 Å². The summed E-state index contributed by atoms with van der Waals surface area (Å²) in [6, 6.07) is 85.3. The molecule has 0 bridgehead atoms. The summed E-state index contributed by atoms with van der Waals surface area (Å²) in [6.45, 7) is 54.6. The van der Waals surface area contributed by atoms with E-state index in [4.69, 9.17) is 10.2 Å². The van der Waals surface area contributed by atoms with E-state index in [9.17, 15) is 5.48 Å². The van der Waals surface area contributed by atoms with Crippen molar-refractivity contribution in [3.8, 4) is 44.8 Å². The Kier molecular flexibility index (Phi) is 16.3. The van der Waals surface area contributed by atoms with Gasteiger partial charge in [-0.25, -0.2) is 0 Å². The normalized spacial score (nSPS) is 14.4. The third-order valence-corrected chi connectivity index (χ3v) is 26.8. The van der Waals surface area contributed by atoms with Crippen molar-refractivity contribution in [2.24, 2.45) is 0 Å². The van der Waals surface area contributed by atoms with Crippen LogP contribution >= 0.6 is 0 Å². The van der Waals surface area contributed by atoms with Gasteiger partial charge in [-0.3, -0.25) is 0 Å². The van der Waals surface area contributed by atoms with Crippen molar-refractivity contribution in [1.82, 2.24) is 9.13 Å². The predicted octanol–water partition coefficient (Wildman–Crippen LogP) is 31.1. The van der Waals surface area contributed by atoms with E-state index in [0.29, 0.717) is 11.1 Å². The van der Waals surface area contributed by atoms with Gasteiger partial charge in [0.25, 0.3) is 6.71 Å². The molecule has 14 aromatic carbocycles. The zero-order chi connectivity index (χ0) is 90.7. The minimum Gasteiger partial charge on any atom is -0.452 e. The molecule has 123 heavy (non-hydrogen) atoms. The van der Waals surface area contributed by atoms with Crippen LogP contribution in [-0.2, 0) is 43.3 Å². The van der Waals surface area contributed by atoms with Crippen molar-refractivity contribution in [2.45, 2.75) is 209 Å². The SMILES string of the molecule is [2H]c1c([2H])c([2H])c(-c2ccc3c(c2)N(c2cccc4c2oc2c(-n5c6ccc(C(C)(C)C)cc6c6cc(C(C)(C)C)ccc65)cccc24)c2cc(-c4cc(C(C)(C)C)cc(C(C)(C)C)c4)cc4c2B3c2cc(-c3cc(C(C)(C)C)cc(C(C)(C)C)c3)ccc2N4c2cccc3c2oc2c(-n4c5ccc(C(C)(C)C)cc5c5cc(C(C)(C)C)ccc54)cccc23)c([2H])c1[2H]. The molecule has 20 rings (SSSR count). The van der Waals surface area contributed by atoms with Gasteiger partial charge in [-0.1, -0.05) is 330 Å². The van der Waals surface area contributed by atoms with Gasteiger partial charge >= 0.3 is 0 Å². The van der Waals surface area contributed by atoms with Crippen molar-refractivity contribution < 1.29 is 15.7 Å². The van der Waals surface area contributed by atoms with E-state index >= 15 is 0 Å². The maximum atomic E-state index is 9.78. The largest absolute Gasteiger partial charge is 0.452 e. The fourth-order valence-electron chi connectivity index (χ4n) is 19.5. The first kappa shape index (κ1) is 73.6. The molecule has 0 saturated carbocycles. The fraction of sp³-hybridized carbons (Fsp3) is 0.276. The molecule has 2 aliphatic rings. The average molecular weight is 1610 g/mol. The second-order valence-electron chi connectivity index (χ2n) is 43.6. The molecule has 0 fully saturated rings. The molecule has 6 nitrogen and oxygen atoms in total. The molecule has 0 aliphatic carbocycles. The van der Waals surface area contributed by atoms with Crippen LogP contribution in [0.4, 0.5) is 34.1 Å². The first-order valence-electron chi connectivity index (χ1n) is 46.6. The Labute approximate surface area is 734 Å². The molecule has 614 valence electrons. The molecule has 0 atom stereocenters. The lowest BCUT2D eigenvalue weighted by Gasteiger charge is -2.44. The molecule has 0 unspecified atom stereocenters. The van der Waals surface area contributed by atoms with Gasteiger partial charge in [-0.05, 0) is 235 Å². The van der Waals surface area contributed by atoms with Gasteiger partial charge in [-0.2, -0.15) is 0 Å². The summed E-state index contributed by atoms with van der Waals surface area (Å²) >= 11 is 0. The highest BCUT2D eigenvalue weighted by atomic mass is 16.3. The highest BCUT2D eigenvalue weighted by molar-refractivity contribution is 7.00. The van der Waals surface area contributed by atoms with Gasteiger partial charge in [0.15, 0.2) is 22.3 Å². The Morgan fingerprint density at radius 2 is 0.537 bits per heavy atom. The lowest BCUT2D eigenvalue weighted by Crippen LogP contribution is -2.61. The number of hydrogen-bond acceptors (Lipinski definition) is 4. The molecule has 0 radical (unpaired) electrons. The van der Waals surface area contributed by atoms with Crippen LogP contribution in [0.2, 0.25) is 0 Å². The van der Waals surface area contributed by atoms with Gasteiger partial charge in [0.05, 0.1) is 51.7 Å². The van der Waals surface area contributed by atoms with E-state index < -0.39 is 24.8 Å². The fourth-order valence-corrected chi connectivity index (χ4v) is 19.5. The van der Waals surface area contributed by atoms with Crippen LogP contribution in [0.25, 0.3) is 132 Å². The van der Waals surface area contributed by atoms with Crippen LogP contribution in [-0.4, -0.2) is 15.8 Å². The van der Waals surface area contributed by atoms with Crippen molar-refractivity contribution >= 4 is 145 Å². The van der Waals surface area contributed by atoms with Crippen molar-refractivity contribution in [2.75, 3.05) is 9.80 Å². The predicted molar refractivity (Wildman–Crippen MR) is 530 cm³/mol. The molecule has 4 aromatic heterocycles. The van der Waals surface area contributed by atoms with Crippen LogP contribution in [0.3, 0.4) is 0 Å². The number of anilines is 6. The Morgan fingerprint density at radius 1 is 0.228 bits per heavy atom. The van der Waals surface area contributed by atoms with Crippen molar-refractivity contribution in [3.63, 3.8) is 0 Å². The molecule has 6 heterocycles. The second-order valence-corrected chi connectivity index (χ2v) is 43.6. The minimum atomic E-state index is -0.497. The van der Waals surface area contributed by atoms with Crippen LogP contribution < -0.4 is 26.2 Å². The van der Waals surface area contributed by atoms with Gasteiger partial charge in [-0.15, -0.1) is 0 Å². The zero-order valence-electron chi connectivity index (χ0n) is 81.1. The highest BCUT2D eigenvalue weighted by Crippen LogP contribution is 2.54. The van der Waals surface area contributed by atoms with Crippen LogP contribution in [0.1, 0.15) is 218 Å². The maximum absolute atomic E-state index is 9.78. The van der Waals surface area contributed by atoms with Crippen LogP contribution in [0.5, 0.6) is 0 Å². The van der Waals surface area contributed by atoms with Gasteiger partial charge in [0, 0.05) is 65.8 Å². The Morgan fingerprint density at radius 3 is 0.902 bits per heavy atom. The molecule has 0 spiro atoms. The summed E-state index contributed by atoms with van der Waals surface area (Å²) in [5.41, 5.74) is 30.8. The van der Waals surface area contributed by atoms with Gasteiger partial charge < -0.3 is 27.8 Å². The average Bonchev–Trinajstić information content (AvgIpc) is 0.768. The molecule has 0 N–H and O–H groups in total. The van der Waals surface area contributed by atoms with E-state index in [2.05, 4.69) is 410 Å². The third-order valence-electron chi connectivity index (χ3n) is 26.8.